The highest BCUT2D eigenvalue weighted by molar-refractivity contribution is 5.83. The highest BCUT2D eigenvalue weighted by Gasteiger charge is 2.36. The third kappa shape index (κ3) is 2.84. The van der Waals surface area contributed by atoms with E-state index in [1.165, 1.54) is 0 Å². The summed E-state index contributed by atoms with van der Waals surface area (Å²) in [5, 5.41) is 10.7. The van der Waals surface area contributed by atoms with Gasteiger partial charge >= 0.3 is 12.0 Å². The zero-order chi connectivity index (χ0) is 13.9. The molecular weight excluding hydrogens is 261 g/mol. The summed E-state index contributed by atoms with van der Waals surface area (Å²) in [6, 6.07) is 0. The van der Waals surface area contributed by atoms with E-state index in [-0.39, 0.29) is 6.29 Å². The first kappa shape index (κ1) is 13.7. The molecule has 98 valence electrons. The first-order valence-electron chi connectivity index (χ1n) is 4.22. The zero-order valence-electron chi connectivity index (χ0n) is 8.72. The highest BCUT2D eigenvalue weighted by atomic mass is 19.4. The maximum atomic E-state index is 12.0. The molecule has 0 atom stereocenters. The lowest BCUT2D eigenvalue weighted by atomic mass is 10.2. The average molecular weight is 266 g/mol. The van der Waals surface area contributed by atoms with Crippen molar-refractivity contribution in [3.63, 3.8) is 0 Å². The maximum absolute atomic E-state index is 12.0. The van der Waals surface area contributed by atoms with E-state index in [9.17, 15) is 28.1 Å². The number of aldehydes is 1. The van der Waals surface area contributed by atoms with E-state index in [4.69, 9.17) is 0 Å². The van der Waals surface area contributed by atoms with Crippen molar-refractivity contribution in [2.75, 3.05) is 7.11 Å². The molecule has 0 fully saturated rings. The fourth-order valence-electron chi connectivity index (χ4n) is 1.12. The molecule has 0 aliphatic carbocycles. The van der Waals surface area contributed by atoms with Crippen molar-refractivity contribution in [3.8, 4) is 11.6 Å². The topological polar surface area (TPSA) is 91.6 Å². The second-order valence-electron chi connectivity index (χ2n) is 2.82. The van der Waals surface area contributed by atoms with E-state index in [2.05, 4.69) is 14.5 Å². The molecule has 0 N–H and O–H groups in total. The van der Waals surface area contributed by atoms with Gasteiger partial charge in [-0.3, -0.25) is 14.9 Å². The van der Waals surface area contributed by atoms with E-state index in [1.807, 2.05) is 0 Å². The van der Waals surface area contributed by atoms with Crippen LogP contribution in [0.2, 0.25) is 0 Å². The monoisotopic (exact) mass is 266 g/mol. The van der Waals surface area contributed by atoms with E-state index in [0.717, 1.165) is 7.11 Å². The Balaban J connectivity index is 3.42. The number of carbonyl (C=O) groups excluding carboxylic acids is 1. The Morgan fingerprint density at radius 1 is 1.50 bits per heavy atom. The number of hydrogen-bond acceptors (Lipinski definition) is 6. The van der Waals surface area contributed by atoms with Crippen LogP contribution >= 0.6 is 0 Å². The molecule has 0 bridgehead atoms. The van der Waals surface area contributed by atoms with Crippen LogP contribution in [0.3, 0.4) is 0 Å². The van der Waals surface area contributed by atoms with Crippen LogP contribution in [-0.2, 0) is 0 Å². The van der Waals surface area contributed by atoms with E-state index >= 15 is 0 Å². The second-order valence-corrected chi connectivity index (χ2v) is 2.82. The molecule has 0 spiro atoms. The van der Waals surface area contributed by atoms with Crippen molar-refractivity contribution in [1.29, 1.82) is 0 Å². The minimum atomic E-state index is -5.09. The third-order valence-electron chi connectivity index (χ3n) is 1.73. The summed E-state index contributed by atoms with van der Waals surface area (Å²) in [5.74, 6) is -2.01. The summed E-state index contributed by atoms with van der Waals surface area (Å²) in [6.45, 7) is 0. The average Bonchev–Trinajstić information content (AvgIpc) is 2.26. The zero-order valence-corrected chi connectivity index (χ0v) is 8.72. The molecule has 1 aromatic heterocycles. The molecule has 0 saturated carbocycles. The number of aromatic nitrogens is 1. The molecule has 1 heterocycles. The Bertz CT molecular complexity index is 488. The van der Waals surface area contributed by atoms with E-state index in [0.29, 0.717) is 6.20 Å². The van der Waals surface area contributed by atoms with Gasteiger partial charge < -0.3 is 9.47 Å². The van der Waals surface area contributed by atoms with Crippen molar-refractivity contribution < 1.29 is 32.4 Å². The summed E-state index contributed by atoms with van der Waals surface area (Å²) < 4.78 is 43.9. The summed E-state index contributed by atoms with van der Waals surface area (Å²) in [4.78, 5) is 23.3. The Kier molecular flexibility index (Phi) is 3.69. The van der Waals surface area contributed by atoms with E-state index in [1.54, 1.807) is 0 Å². The van der Waals surface area contributed by atoms with Crippen LogP contribution in [0, 0.1) is 10.1 Å². The van der Waals surface area contributed by atoms with Crippen molar-refractivity contribution in [1.82, 2.24) is 4.98 Å². The standard InChI is InChI=1S/C8H5F3N2O5/c1-17-6-5(13(15)16)4(3-14)2-12-7(6)18-8(9,10)11/h2-3H,1H3. The fraction of sp³-hybridized carbons (Fsp3) is 0.250. The normalized spacial score (nSPS) is 10.9. The van der Waals surface area contributed by atoms with Crippen LogP contribution in [0.4, 0.5) is 18.9 Å². The van der Waals surface area contributed by atoms with Crippen LogP contribution in [0.25, 0.3) is 0 Å². The number of halogens is 3. The lowest BCUT2D eigenvalue weighted by Gasteiger charge is -2.11. The lowest BCUT2D eigenvalue weighted by Crippen LogP contribution is -2.19. The molecule has 0 aliphatic rings. The minimum Gasteiger partial charge on any atom is -0.486 e. The first-order valence-corrected chi connectivity index (χ1v) is 4.22. The molecule has 0 unspecified atom stereocenters. The molecule has 0 radical (unpaired) electrons. The Labute approximate surface area is 97.3 Å². The largest absolute Gasteiger partial charge is 0.574 e. The number of ether oxygens (including phenoxy) is 2. The molecule has 0 saturated heterocycles. The summed E-state index contributed by atoms with van der Waals surface area (Å²) in [6.07, 6.45) is -4.42. The molecule has 10 heteroatoms. The van der Waals surface area contributed by atoms with Crippen LogP contribution in [0.15, 0.2) is 6.20 Å². The molecule has 1 rings (SSSR count). The number of methoxy groups -OCH3 is 1. The SMILES string of the molecule is COc1c(OC(F)(F)F)ncc(C=O)c1[N+](=O)[O-]. The molecule has 0 aliphatic heterocycles. The number of pyridine rings is 1. The predicted octanol–water partition coefficient (Wildman–Crippen LogP) is 1.71. The van der Waals surface area contributed by atoms with Gasteiger partial charge in [-0.05, 0) is 0 Å². The van der Waals surface area contributed by atoms with Crippen LogP contribution < -0.4 is 9.47 Å². The lowest BCUT2D eigenvalue weighted by molar-refractivity contribution is -0.386. The van der Waals surface area contributed by atoms with Crippen molar-refractivity contribution >= 4 is 12.0 Å². The van der Waals surface area contributed by atoms with Crippen molar-refractivity contribution in [3.05, 3.63) is 21.9 Å². The van der Waals surface area contributed by atoms with Gasteiger partial charge in [0, 0.05) is 6.20 Å². The summed E-state index contributed by atoms with van der Waals surface area (Å²) >= 11 is 0. The fourth-order valence-corrected chi connectivity index (χ4v) is 1.12. The third-order valence-corrected chi connectivity index (χ3v) is 1.73. The van der Waals surface area contributed by atoms with Gasteiger partial charge in [0.25, 0.3) is 11.6 Å². The number of nitrogens with zero attached hydrogens (tertiary/aromatic N) is 2. The van der Waals surface area contributed by atoms with Gasteiger partial charge in [0.05, 0.1) is 12.0 Å². The number of carbonyl (C=O) groups is 1. The molecule has 1 aromatic rings. The molecular formula is C8H5F3N2O5. The highest BCUT2D eigenvalue weighted by Crippen LogP contribution is 2.39. The van der Waals surface area contributed by atoms with Crippen molar-refractivity contribution in [2.24, 2.45) is 0 Å². The van der Waals surface area contributed by atoms with Gasteiger partial charge in [-0.25, -0.2) is 4.98 Å². The smallest absolute Gasteiger partial charge is 0.486 e. The van der Waals surface area contributed by atoms with Gasteiger partial charge in [-0.2, -0.15) is 0 Å². The maximum Gasteiger partial charge on any atom is 0.574 e. The number of nitro groups is 1. The van der Waals surface area contributed by atoms with Gasteiger partial charge in [0.2, 0.25) is 0 Å². The molecule has 0 aromatic carbocycles. The van der Waals surface area contributed by atoms with E-state index < -0.39 is 34.2 Å². The number of alkyl halides is 3. The Hall–Kier alpha value is -2.39. The molecule has 0 amide bonds. The quantitative estimate of drug-likeness (QED) is 0.468. The van der Waals surface area contributed by atoms with Gasteiger partial charge in [-0.15, -0.1) is 13.2 Å². The van der Waals surface area contributed by atoms with Crippen LogP contribution in [0.5, 0.6) is 11.6 Å². The Morgan fingerprint density at radius 2 is 2.11 bits per heavy atom. The summed E-state index contributed by atoms with van der Waals surface area (Å²) in [5.41, 5.74) is -1.46. The minimum absolute atomic E-state index is 0.0744. The van der Waals surface area contributed by atoms with Crippen LogP contribution in [0.1, 0.15) is 10.4 Å². The summed E-state index contributed by atoms with van der Waals surface area (Å²) in [7, 11) is 0.891. The number of rotatable bonds is 4. The molecule has 7 nitrogen and oxygen atoms in total. The number of hydrogen-bond donors (Lipinski definition) is 0. The predicted molar refractivity (Wildman–Crippen MR) is 49.5 cm³/mol. The van der Waals surface area contributed by atoms with Gasteiger partial charge in [0.1, 0.15) is 5.56 Å². The van der Waals surface area contributed by atoms with Gasteiger partial charge in [-0.1, -0.05) is 0 Å². The molecule has 18 heavy (non-hydrogen) atoms. The Morgan fingerprint density at radius 3 is 2.50 bits per heavy atom. The van der Waals surface area contributed by atoms with Gasteiger partial charge in [0.15, 0.2) is 6.29 Å². The first-order chi connectivity index (χ1) is 8.30. The van der Waals surface area contributed by atoms with Crippen LogP contribution in [-0.4, -0.2) is 29.7 Å². The second kappa shape index (κ2) is 4.85. The van der Waals surface area contributed by atoms with Crippen molar-refractivity contribution in [2.45, 2.75) is 6.36 Å².